The maximum atomic E-state index is 12.3. The van der Waals surface area contributed by atoms with E-state index in [0.717, 1.165) is 20.9 Å². The zero-order valence-corrected chi connectivity index (χ0v) is 13.7. The van der Waals surface area contributed by atoms with E-state index in [-0.39, 0.29) is 11.8 Å². The summed E-state index contributed by atoms with van der Waals surface area (Å²) in [4.78, 5) is 12.3. The van der Waals surface area contributed by atoms with Gasteiger partial charge >= 0.3 is 0 Å². The summed E-state index contributed by atoms with van der Waals surface area (Å²) < 4.78 is 1.64. The first-order chi connectivity index (χ1) is 9.56. The first-order valence-corrected chi connectivity index (χ1v) is 7.78. The fourth-order valence-electron chi connectivity index (χ4n) is 2.43. The van der Waals surface area contributed by atoms with E-state index < -0.39 is 0 Å². The third-order valence-electron chi connectivity index (χ3n) is 3.50. The third kappa shape index (κ3) is 2.36. The minimum Gasteiger partial charge on any atom is -0.397 e. The average molecular weight is 396 g/mol. The molecule has 5 heteroatoms. The van der Waals surface area contributed by atoms with Crippen molar-refractivity contribution in [2.24, 2.45) is 0 Å². The van der Waals surface area contributed by atoms with Gasteiger partial charge in [0.15, 0.2) is 0 Å². The maximum Gasteiger partial charge on any atom is 0.232 e. The second kappa shape index (κ2) is 5.22. The highest BCUT2D eigenvalue weighted by Gasteiger charge is 2.32. The van der Waals surface area contributed by atoms with Crippen LogP contribution in [0.25, 0.3) is 0 Å². The van der Waals surface area contributed by atoms with Crippen LogP contribution in [0.3, 0.4) is 0 Å². The number of carbonyl (C=O) groups excluding carboxylic acids is 1. The molecule has 2 aromatic carbocycles. The van der Waals surface area contributed by atoms with Crippen LogP contribution in [0.15, 0.2) is 45.3 Å². The number of hydrogen-bond acceptors (Lipinski definition) is 2. The molecule has 0 radical (unpaired) electrons. The summed E-state index contributed by atoms with van der Waals surface area (Å²) in [6.07, 6.45) is 0.788. The van der Waals surface area contributed by atoms with Crippen molar-refractivity contribution in [1.82, 2.24) is 0 Å². The molecule has 0 fully saturated rings. The van der Waals surface area contributed by atoms with Crippen LogP contribution in [0.4, 0.5) is 11.4 Å². The summed E-state index contributed by atoms with van der Waals surface area (Å²) in [7, 11) is 0. The van der Waals surface area contributed by atoms with Crippen LogP contribution in [0.1, 0.15) is 17.0 Å². The van der Waals surface area contributed by atoms with Gasteiger partial charge in [-0.25, -0.2) is 0 Å². The van der Waals surface area contributed by atoms with Gasteiger partial charge in [-0.05, 0) is 45.6 Å². The predicted octanol–water partition coefficient (Wildman–Crippen LogP) is 4.07. The number of benzene rings is 2. The number of nitrogens with two attached hydrogens (primary N) is 1. The molecule has 1 atom stereocenters. The zero-order valence-electron chi connectivity index (χ0n) is 10.5. The number of rotatable bonds is 2. The molecule has 0 bridgehead atoms. The summed E-state index contributed by atoms with van der Waals surface area (Å²) in [5.41, 5.74) is 9.47. The molecule has 0 aliphatic heterocycles. The first-order valence-electron chi connectivity index (χ1n) is 6.19. The van der Waals surface area contributed by atoms with Crippen molar-refractivity contribution >= 4 is 49.1 Å². The lowest BCUT2D eigenvalue weighted by Crippen LogP contribution is -2.30. The normalized spacial score (nSPS) is 16.2. The highest BCUT2D eigenvalue weighted by molar-refractivity contribution is 9.11. The van der Waals surface area contributed by atoms with Gasteiger partial charge < -0.3 is 11.1 Å². The number of nitrogen functional groups attached to an aromatic ring is 1. The highest BCUT2D eigenvalue weighted by atomic mass is 79.9. The average Bonchev–Trinajstić information content (AvgIpc) is 2.35. The number of nitrogens with one attached hydrogen (secondary N) is 1. The fourth-order valence-corrected chi connectivity index (χ4v) is 3.79. The second-order valence-electron chi connectivity index (χ2n) is 4.80. The minimum absolute atomic E-state index is 0.0153. The van der Waals surface area contributed by atoms with Gasteiger partial charge in [0.2, 0.25) is 5.91 Å². The Morgan fingerprint density at radius 3 is 2.70 bits per heavy atom. The summed E-state index contributed by atoms with van der Waals surface area (Å²) >= 11 is 6.79. The number of halogens is 2. The Morgan fingerprint density at radius 1 is 1.25 bits per heavy atom. The molecular weight excluding hydrogens is 384 g/mol. The predicted molar refractivity (Wildman–Crippen MR) is 87.8 cm³/mol. The standard InChI is InChI=1S/C15H12Br2N2O/c16-9-6-12(17)14(13(18)7-9)19-15(20)11-5-8-3-1-2-4-10(8)11/h1-4,6-7,11H,5,18H2,(H,19,20). The monoisotopic (exact) mass is 394 g/mol. The number of fused-ring (bicyclic) bond motifs is 1. The van der Waals surface area contributed by atoms with Crippen LogP contribution in [-0.4, -0.2) is 5.91 Å². The van der Waals surface area contributed by atoms with E-state index in [9.17, 15) is 4.79 Å². The molecule has 20 heavy (non-hydrogen) atoms. The molecule has 3 rings (SSSR count). The van der Waals surface area contributed by atoms with Crippen molar-refractivity contribution in [2.45, 2.75) is 12.3 Å². The Hall–Kier alpha value is -1.33. The van der Waals surface area contributed by atoms with Gasteiger partial charge in [0.1, 0.15) is 0 Å². The largest absolute Gasteiger partial charge is 0.397 e. The quantitative estimate of drug-likeness (QED) is 0.753. The number of anilines is 2. The number of hydrogen-bond donors (Lipinski definition) is 2. The highest BCUT2D eigenvalue weighted by Crippen LogP contribution is 2.38. The van der Waals surface area contributed by atoms with Gasteiger partial charge in [0.05, 0.1) is 17.3 Å². The van der Waals surface area contributed by atoms with Crippen molar-refractivity contribution in [3.05, 3.63) is 56.5 Å². The van der Waals surface area contributed by atoms with Crippen molar-refractivity contribution in [3.8, 4) is 0 Å². The van der Waals surface area contributed by atoms with Crippen molar-refractivity contribution < 1.29 is 4.79 Å². The van der Waals surface area contributed by atoms with Gasteiger partial charge in [-0.15, -0.1) is 0 Å². The number of amides is 1. The lowest BCUT2D eigenvalue weighted by molar-refractivity contribution is -0.118. The van der Waals surface area contributed by atoms with E-state index in [1.807, 2.05) is 24.3 Å². The van der Waals surface area contributed by atoms with Gasteiger partial charge in [0.25, 0.3) is 0 Å². The summed E-state index contributed by atoms with van der Waals surface area (Å²) in [5.74, 6) is -0.0976. The smallest absolute Gasteiger partial charge is 0.232 e. The molecule has 0 heterocycles. The Kier molecular flexibility index (Phi) is 3.56. The Morgan fingerprint density at radius 2 is 2.00 bits per heavy atom. The van der Waals surface area contributed by atoms with E-state index in [2.05, 4.69) is 43.2 Å². The third-order valence-corrected chi connectivity index (χ3v) is 4.59. The molecule has 102 valence electrons. The van der Waals surface area contributed by atoms with Crippen molar-refractivity contribution in [1.29, 1.82) is 0 Å². The number of carbonyl (C=O) groups is 1. The molecule has 1 amide bonds. The van der Waals surface area contributed by atoms with Crippen molar-refractivity contribution in [2.75, 3.05) is 11.1 Å². The van der Waals surface area contributed by atoms with Crippen LogP contribution < -0.4 is 11.1 Å². The van der Waals surface area contributed by atoms with Gasteiger partial charge in [-0.2, -0.15) is 0 Å². The lowest BCUT2D eigenvalue weighted by Gasteiger charge is -2.29. The summed E-state index contributed by atoms with van der Waals surface area (Å²) in [6, 6.07) is 11.7. The van der Waals surface area contributed by atoms with Gasteiger partial charge in [-0.1, -0.05) is 40.2 Å². The molecule has 1 unspecified atom stereocenters. The zero-order chi connectivity index (χ0) is 14.3. The van der Waals surface area contributed by atoms with Crippen LogP contribution >= 0.6 is 31.9 Å². The molecule has 0 spiro atoms. The molecule has 3 nitrogen and oxygen atoms in total. The second-order valence-corrected chi connectivity index (χ2v) is 6.57. The Bertz CT molecular complexity index is 677. The molecular formula is C15H12Br2N2O. The van der Waals surface area contributed by atoms with E-state index in [1.165, 1.54) is 5.56 Å². The van der Waals surface area contributed by atoms with Gasteiger partial charge in [-0.3, -0.25) is 4.79 Å². The SMILES string of the molecule is Nc1cc(Br)cc(Br)c1NC(=O)C1Cc2ccccc21. The first kappa shape index (κ1) is 13.6. The van der Waals surface area contributed by atoms with E-state index >= 15 is 0 Å². The lowest BCUT2D eigenvalue weighted by atomic mass is 9.77. The molecule has 1 aliphatic rings. The summed E-state index contributed by atoms with van der Waals surface area (Å²) in [6.45, 7) is 0. The molecule has 0 aromatic heterocycles. The fraction of sp³-hybridized carbons (Fsp3) is 0.133. The van der Waals surface area contributed by atoms with Crippen LogP contribution in [-0.2, 0) is 11.2 Å². The minimum atomic E-state index is -0.0823. The van der Waals surface area contributed by atoms with Gasteiger partial charge in [0, 0.05) is 8.95 Å². The van der Waals surface area contributed by atoms with E-state index in [1.54, 1.807) is 6.07 Å². The molecule has 3 N–H and O–H groups in total. The van der Waals surface area contributed by atoms with E-state index in [4.69, 9.17) is 5.73 Å². The van der Waals surface area contributed by atoms with Crippen LogP contribution in [0.5, 0.6) is 0 Å². The summed E-state index contributed by atoms with van der Waals surface area (Å²) in [5, 5.41) is 2.92. The molecule has 0 saturated carbocycles. The Labute approximate surface area is 133 Å². The molecule has 2 aromatic rings. The van der Waals surface area contributed by atoms with Crippen LogP contribution in [0.2, 0.25) is 0 Å². The van der Waals surface area contributed by atoms with Crippen LogP contribution in [0, 0.1) is 0 Å². The maximum absolute atomic E-state index is 12.3. The van der Waals surface area contributed by atoms with E-state index in [0.29, 0.717) is 11.4 Å². The topological polar surface area (TPSA) is 55.1 Å². The Balaban J connectivity index is 1.82. The molecule has 0 saturated heterocycles. The van der Waals surface area contributed by atoms with Crippen molar-refractivity contribution in [3.63, 3.8) is 0 Å². The molecule has 1 aliphatic carbocycles.